The van der Waals surface area contributed by atoms with Crippen LogP contribution in [0.2, 0.25) is 0 Å². The number of nitrogens with zero attached hydrogens (tertiary/aromatic N) is 1. The van der Waals surface area contributed by atoms with Crippen LogP contribution in [0.1, 0.15) is 79.7 Å². The van der Waals surface area contributed by atoms with E-state index in [-0.39, 0.29) is 29.0 Å². The van der Waals surface area contributed by atoms with Gasteiger partial charge in [0.1, 0.15) is 0 Å². The molecule has 194 valence electrons. The molecule has 8 heteroatoms. The Morgan fingerprint density at radius 3 is 2.44 bits per heavy atom. The van der Waals surface area contributed by atoms with E-state index in [0.29, 0.717) is 36.6 Å². The summed E-state index contributed by atoms with van der Waals surface area (Å²) < 4.78 is 0. The molecule has 0 aromatic heterocycles. The molecular formula is C28H38N4O4. The summed E-state index contributed by atoms with van der Waals surface area (Å²) in [7, 11) is 0. The summed E-state index contributed by atoms with van der Waals surface area (Å²) in [4.78, 5) is 38.9. The molecule has 0 spiro atoms. The van der Waals surface area contributed by atoms with Crippen molar-refractivity contribution in [3.8, 4) is 0 Å². The molecule has 1 fully saturated rings. The molecule has 3 rings (SSSR count). The Bertz CT molecular complexity index is 1080. The number of benzene rings is 2. The van der Waals surface area contributed by atoms with Crippen LogP contribution in [0.25, 0.3) is 0 Å². The van der Waals surface area contributed by atoms with E-state index in [9.17, 15) is 19.5 Å². The van der Waals surface area contributed by atoms with Gasteiger partial charge in [-0.2, -0.15) is 0 Å². The fraction of sp³-hybridized carbons (Fsp3) is 0.464. The van der Waals surface area contributed by atoms with Crippen LogP contribution >= 0.6 is 0 Å². The zero-order valence-electron chi connectivity index (χ0n) is 21.7. The normalized spacial score (nSPS) is 15.8. The van der Waals surface area contributed by atoms with E-state index < -0.39 is 5.97 Å². The molecule has 0 bridgehead atoms. The van der Waals surface area contributed by atoms with Crippen molar-refractivity contribution in [2.24, 2.45) is 0 Å². The number of likely N-dealkylation sites (tertiary alicyclic amines) is 1. The Kier molecular flexibility index (Phi) is 8.96. The molecule has 1 saturated heterocycles. The number of urea groups is 1. The molecule has 0 radical (unpaired) electrons. The Morgan fingerprint density at radius 2 is 1.81 bits per heavy atom. The van der Waals surface area contributed by atoms with Crippen LogP contribution in [0.4, 0.5) is 16.2 Å². The maximum Gasteiger partial charge on any atom is 0.337 e. The molecule has 2 aromatic carbocycles. The van der Waals surface area contributed by atoms with Gasteiger partial charge in [-0.1, -0.05) is 46.2 Å². The van der Waals surface area contributed by atoms with Gasteiger partial charge in [-0.15, -0.1) is 0 Å². The second kappa shape index (κ2) is 11.9. The number of piperidine rings is 1. The zero-order chi connectivity index (χ0) is 26.3. The molecule has 1 atom stereocenters. The number of amides is 3. The third-order valence-electron chi connectivity index (χ3n) is 6.40. The van der Waals surface area contributed by atoms with Crippen LogP contribution in [0.3, 0.4) is 0 Å². The Morgan fingerprint density at radius 1 is 1.08 bits per heavy atom. The minimum Gasteiger partial charge on any atom is -0.478 e. The average Bonchev–Trinajstić information content (AvgIpc) is 2.84. The highest BCUT2D eigenvalue weighted by atomic mass is 16.4. The summed E-state index contributed by atoms with van der Waals surface area (Å²) in [5.74, 6) is -1.32. The molecule has 36 heavy (non-hydrogen) atoms. The van der Waals surface area contributed by atoms with E-state index >= 15 is 0 Å². The standard InChI is InChI=1S/C28H38N4O4/c1-5-6-15-29-27(36)32-16-7-8-22(18-32)30-24-17-21(13-14-23(24)26(34)35)31-25(33)19-9-11-20(12-10-19)28(2,3)4/h9-14,17,22,30H,5-8,15-16,18H2,1-4H3,(H,29,36)(H,31,33)(H,34,35). The first-order chi connectivity index (χ1) is 17.1. The van der Waals surface area contributed by atoms with Crippen molar-refractivity contribution in [2.75, 3.05) is 30.3 Å². The topological polar surface area (TPSA) is 111 Å². The van der Waals surface area contributed by atoms with Crippen molar-refractivity contribution >= 4 is 29.3 Å². The van der Waals surface area contributed by atoms with Gasteiger partial charge >= 0.3 is 12.0 Å². The maximum absolute atomic E-state index is 12.8. The number of carbonyl (C=O) groups excluding carboxylic acids is 2. The average molecular weight is 495 g/mol. The van der Waals surface area contributed by atoms with Crippen molar-refractivity contribution in [3.63, 3.8) is 0 Å². The highest BCUT2D eigenvalue weighted by molar-refractivity contribution is 6.05. The lowest BCUT2D eigenvalue weighted by molar-refractivity contribution is 0.0697. The van der Waals surface area contributed by atoms with Gasteiger partial charge in [0.2, 0.25) is 0 Å². The number of hydrogen-bond acceptors (Lipinski definition) is 4. The molecule has 4 N–H and O–H groups in total. The Balaban J connectivity index is 1.71. The summed E-state index contributed by atoms with van der Waals surface area (Å²) >= 11 is 0. The van der Waals surface area contributed by atoms with E-state index in [1.54, 1.807) is 29.2 Å². The number of carboxylic acids is 1. The number of carbonyl (C=O) groups is 3. The molecule has 1 heterocycles. The molecule has 2 aromatic rings. The van der Waals surface area contributed by atoms with Crippen LogP contribution in [-0.2, 0) is 5.41 Å². The van der Waals surface area contributed by atoms with E-state index in [1.807, 2.05) is 12.1 Å². The van der Waals surface area contributed by atoms with Crippen molar-refractivity contribution in [1.82, 2.24) is 10.2 Å². The lowest BCUT2D eigenvalue weighted by atomic mass is 9.87. The summed E-state index contributed by atoms with van der Waals surface area (Å²) in [6.45, 7) is 10.2. The Hall–Kier alpha value is -3.55. The predicted molar refractivity (Wildman–Crippen MR) is 143 cm³/mol. The molecule has 1 unspecified atom stereocenters. The smallest absolute Gasteiger partial charge is 0.337 e. The van der Waals surface area contributed by atoms with E-state index in [2.05, 4.69) is 43.6 Å². The van der Waals surface area contributed by atoms with Crippen LogP contribution in [0.5, 0.6) is 0 Å². The first-order valence-electron chi connectivity index (χ1n) is 12.7. The fourth-order valence-corrected chi connectivity index (χ4v) is 4.24. The SMILES string of the molecule is CCCCNC(=O)N1CCCC(Nc2cc(NC(=O)c3ccc(C(C)(C)C)cc3)ccc2C(=O)O)C1. The number of aromatic carboxylic acids is 1. The van der Waals surface area contributed by atoms with E-state index in [4.69, 9.17) is 0 Å². The zero-order valence-corrected chi connectivity index (χ0v) is 21.7. The summed E-state index contributed by atoms with van der Waals surface area (Å²) in [6, 6.07) is 12.0. The minimum absolute atomic E-state index is 0.00682. The molecule has 0 saturated carbocycles. The number of anilines is 2. The Labute approximate surface area is 213 Å². The van der Waals surface area contributed by atoms with Crippen molar-refractivity contribution in [1.29, 1.82) is 0 Å². The number of carboxylic acid groups (broad SMARTS) is 1. The molecule has 1 aliphatic heterocycles. The number of unbranched alkanes of at least 4 members (excludes halogenated alkanes) is 1. The van der Waals surface area contributed by atoms with Crippen LogP contribution in [-0.4, -0.2) is 53.6 Å². The van der Waals surface area contributed by atoms with Gasteiger partial charge < -0.3 is 26.0 Å². The van der Waals surface area contributed by atoms with Gasteiger partial charge in [0.15, 0.2) is 0 Å². The van der Waals surface area contributed by atoms with Gasteiger partial charge in [0, 0.05) is 36.9 Å². The van der Waals surface area contributed by atoms with Crippen molar-refractivity contribution < 1.29 is 19.5 Å². The van der Waals surface area contributed by atoms with E-state index in [1.165, 1.54) is 6.07 Å². The number of hydrogen-bond donors (Lipinski definition) is 4. The second-order valence-electron chi connectivity index (χ2n) is 10.4. The number of nitrogens with one attached hydrogen (secondary N) is 3. The van der Waals surface area contributed by atoms with Gasteiger partial charge in [-0.3, -0.25) is 4.79 Å². The lowest BCUT2D eigenvalue weighted by Gasteiger charge is -2.34. The molecule has 8 nitrogen and oxygen atoms in total. The predicted octanol–water partition coefficient (Wildman–Crippen LogP) is 5.32. The molecular weight excluding hydrogens is 456 g/mol. The van der Waals surface area contributed by atoms with Gasteiger partial charge in [0.25, 0.3) is 5.91 Å². The monoisotopic (exact) mass is 494 g/mol. The lowest BCUT2D eigenvalue weighted by Crippen LogP contribution is -2.49. The quantitative estimate of drug-likeness (QED) is 0.371. The van der Waals surface area contributed by atoms with Crippen molar-refractivity contribution in [2.45, 2.75) is 64.8 Å². The fourth-order valence-electron chi connectivity index (χ4n) is 4.24. The first-order valence-corrected chi connectivity index (χ1v) is 12.7. The maximum atomic E-state index is 12.8. The third kappa shape index (κ3) is 7.23. The minimum atomic E-state index is -1.06. The van der Waals surface area contributed by atoms with Gasteiger partial charge in [-0.25, -0.2) is 9.59 Å². The summed E-state index contributed by atoms with van der Waals surface area (Å²) in [6.07, 6.45) is 3.58. The largest absolute Gasteiger partial charge is 0.478 e. The van der Waals surface area contributed by atoms with Crippen molar-refractivity contribution in [3.05, 3.63) is 59.2 Å². The summed E-state index contributed by atoms with van der Waals surface area (Å²) in [5.41, 5.74) is 2.69. The number of rotatable bonds is 8. The van der Waals surface area contributed by atoms with Gasteiger partial charge in [-0.05, 0) is 60.6 Å². The van der Waals surface area contributed by atoms with Crippen LogP contribution in [0.15, 0.2) is 42.5 Å². The molecule has 0 aliphatic carbocycles. The van der Waals surface area contributed by atoms with E-state index in [0.717, 1.165) is 31.2 Å². The highest BCUT2D eigenvalue weighted by Crippen LogP contribution is 2.26. The summed E-state index contributed by atoms with van der Waals surface area (Å²) in [5, 5.41) is 18.8. The molecule has 3 amide bonds. The van der Waals surface area contributed by atoms with Crippen LogP contribution < -0.4 is 16.0 Å². The second-order valence-corrected chi connectivity index (χ2v) is 10.4. The highest BCUT2D eigenvalue weighted by Gasteiger charge is 2.25. The van der Waals surface area contributed by atoms with Gasteiger partial charge in [0.05, 0.1) is 11.3 Å². The molecule has 1 aliphatic rings. The first kappa shape index (κ1) is 27.0. The van der Waals surface area contributed by atoms with Crippen LogP contribution in [0, 0.1) is 0 Å². The third-order valence-corrected chi connectivity index (χ3v) is 6.40.